The number of aromatic nitrogens is 2. The Hall–Kier alpha value is -1.88. The van der Waals surface area contributed by atoms with Crippen LogP contribution in [0.4, 0.5) is 6.01 Å². The Bertz CT molecular complexity index is 623. The fourth-order valence-electron chi connectivity index (χ4n) is 2.80. The number of anilines is 1. The van der Waals surface area contributed by atoms with Gasteiger partial charge in [0.05, 0.1) is 0 Å². The molecule has 2 aromatic rings. The number of benzene rings is 1. The molecule has 22 heavy (non-hydrogen) atoms. The van der Waals surface area contributed by atoms with Gasteiger partial charge in [-0.3, -0.25) is 4.90 Å². The van der Waals surface area contributed by atoms with Crippen molar-refractivity contribution in [1.29, 1.82) is 0 Å². The molecule has 0 fully saturated rings. The Morgan fingerprint density at radius 2 is 2.00 bits per heavy atom. The van der Waals surface area contributed by atoms with Gasteiger partial charge in [0.2, 0.25) is 0 Å². The zero-order valence-corrected chi connectivity index (χ0v) is 13.5. The third-order valence-electron chi connectivity index (χ3n) is 4.29. The van der Waals surface area contributed by atoms with E-state index >= 15 is 0 Å². The van der Waals surface area contributed by atoms with Gasteiger partial charge in [0.15, 0.2) is 5.82 Å². The maximum atomic E-state index is 5.23. The summed E-state index contributed by atoms with van der Waals surface area (Å²) in [6.07, 6.45) is 1.12. The van der Waals surface area contributed by atoms with Crippen molar-refractivity contribution in [3.8, 4) is 0 Å². The van der Waals surface area contributed by atoms with Gasteiger partial charge in [0, 0.05) is 31.6 Å². The molecule has 0 saturated carbocycles. The molecule has 5 heteroatoms. The van der Waals surface area contributed by atoms with Crippen LogP contribution in [0.5, 0.6) is 0 Å². The first-order chi connectivity index (χ1) is 10.6. The smallest absolute Gasteiger partial charge is 0.321 e. The molecule has 0 amide bonds. The van der Waals surface area contributed by atoms with E-state index in [0.717, 1.165) is 31.9 Å². The summed E-state index contributed by atoms with van der Waals surface area (Å²) in [4.78, 5) is 6.85. The second kappa shape index (κ2) is 6.48. The maximum Gasteiger partial charge on any atom is 0.321 e. The third-order valence-corrected chi connectivity index (χ3v) is 4.29. The second-order valence-corrected chi connectivity index (χ2v) is 6.33. The molecule has 1 aliphatic heterocycles. The van der Waals surface area contributed by atoms with E-state index in [0.29, 0.717) is 12.1 Å². The summed E-state index contributed by atoms with van der Waals surface area (Å²) in [5.74, 6) is 1.04. The van der Waals surface area contributed by atoms with Gasteiger partial charge >= 0.3 is 6.01 Å². The summed E-state index contributed by atoms with van der Waals surface area (Å²) < 4.78 is 5.23. The number of hydrogen-bond donors (Lipinski definition) is 1. The SMILES string of the molecule is CC(C)c1noc(NCC(C)N2CCc3ccccc3C2)n1. The fourth-order valence-corrected chi connectivity index (χ4v) is 2.80. The van der Waals surface area contributed by atoms with Crippen molar-refractivity contribution >= 4 is 6.01 Å². The summed E-state index contributed by atoms with van der Waals surface area (Å²) in [6.45, 7) is 9.27. The first-order valence-electron chi connectivity index (χ1n) is 8.02. The Morgan fingerprint density at radius 1 is 1.23 bits per heavy atom. The van der Waals surface area contributed by atoms with E-state index in [4.69, 9.17) is 4.52 Å². The monoisotopic (exact) mass is 300 g/mol. The first kappa shape index (κ1) is 15.0. The van der Waals surface area contributed by atoms with E-state index < -0.39 is 0 Å². The molecule has 1 N–H and O–H groups in total. The molecular weight excluding hydrogens is 276 g/mol. The third kappa shape index (κ3) is 3.30. The van der Waals surface area contributed by atoms with Crippen LogP contribution in [0.1, 0.15) is 43.6 Å². The summed E-state index contributed by atoms with van der Waals surface area (Å²) in [6, 6.07) is 9.66. The van der Waals surface area contributed by atoms with Crippen LogP contribution in [-0.2, 0) is 13.0 Å². The number of nitrogens with one attached hydrogen (secondary N) is 1. The van der Waals surface area contributed by atoms with Crippen molar-refractivity contribution in [2.45, 2.75) is 45.7 Å². The first-order valence-corrected chi connectivity index (χ1v) is 8.02. The van der Waals surface area contributed by atoms with E-state index in [9.17, 15) is 0 Å². The van der Waals surface area contributed by atoms with Gasteiger partial charge in [0.1, 0.15) is 0 Å². The molecular formula is C17H24N4O. The standard InChI is InChI=1S/C17H24N4O/c1-12(2)16-19-17(22-20-16)18-10-13(3)21-9-8-14-6-4-5-7-15(14)11-21/h4-7,12-13H,8-11H2,1-3H3,(H,18,19,20). The molecule has 1 atom stereocenters. The topological polar surface area (TPSA) is 54.2 Å². The van der Waals surface area contributed by atoms with Gasteiger partial charge in [-0.05, 0) is 24.5 Å². The Labute approximate surface area is 131 Å². The number of hydrogen-bond acceptors (Lipinski definition) is 5. The predicted octanol–water partition coefficient (Wildman–Crippen LogP) is 3.05. The Balaban J connectivity index is 1.55. The lowest BCUT2D eigenvalue weighted by Gasteiger charge is -2.33. The van der Waals surface area contributed by atoms with Gasteiger partial charge in [-0.15, -0.1) is 0 Å². The minimum Gasteiger partial charge on any atom is -0.336 e. The van der Waals surface area contributed by atoms with Crippen LogP contribution < -0.4 is 5.32 Å². The highest BCUT2D eigenvalue weighted by Gasteiger charge is 2.20. The number of rotatable bonds is 5. The van der Waals surface area contributed by atoms with Crippen LogP contribution in [0.25, 0.3) is 0 Å². The van der Waals surface area contributed by atoms with Crippen LogP contribution in [0.3, 0.4) is 0 Å². The number of fused-ring (bicyclic) bond motifs is 1. The fraction of sp³-hybridized carbons (Fsp3) is 0.529. The largest absolute Gasteiger partial charge is 0.336 e. The van der Waals surface area contributed by atoms with Crippen LogP contribution in [0.2, 0.25) is 0 Å². The van der Waals surface area contributed by atoms with Gasteiger partial charge in [-0.1, -0.05) is 43.3 Å². The van der Waals surface area contributed by atoms with Crippen molar-refractivity contribution in [1.82, 2.24) is 15.0 Å². The molecule has 5 nitrogen and oxygen atoms in total. The average molecular weight is 300 g/mol. The molecule has 118 valence electrons. The molecule has 2 heterocycles. The molecule has 1 aliphatic rings. The van der Waals surface area contributed by atoms with Crippen molar-refractivity contribution in [3.63, 3.8) is 0 Å². The highest BCUT2D eigenvalue weighted by Crippen LogP contribution is 2.20. The highest BCUT2D eigenvalue weighted by molar-refractivity contribution is 5.29. The van der Waals surface area contributed by atoms with Gasteiger partial charge < -0.3 is 9.84 Å². The van der Waals surface area contributed by atoms with Crippen molar-refractivity contribution in [2.75, 3.05) is 18.4 Å². The van der Waals surface area contributed by atoms with Crippen LogP contribution in [0, 0.1) is 0 Å². The minimum absolute atomic E-state index is 0.287. The summed E-state index contributed by atoms with van der Waals surface area (Å²) in [5.41, 5.74) is 2.93. The molecule has 0 aliphatic carbocycles. The van der Waals surface area contributed by atoms with E-state index in [-0.39, 0.29) is 5.92 Å². The molecule has 1 aromatic carbocycles. The van der Waals surface area contributed by atoms with E-state index in [1.165, 1.54) is 11.1 Å². The summed E-state index contributed by atoms with van der Waals surface area (Å²) in [7, 11) is 0. The lowest BCUT2D eigenvalue weighted by atomic mass is 9.99. The summed E-state index contributed by atoms with van der Waals surface area (Å²) >= 11 is 0. The Kier molecular flexibility index (Phi) is 4.43. The minimum atomic E-state index is 0.287. The number of nitrogens with zero attached hydrogens (tertiary/aromatic N) is 3. The van der Waals surface area contributed by atoms with E-state index in [2.05, 4.69) is 65.4 Å². The van der Waals surface area contributed by atoms with Gasteiger partial charge in [-0.2, -0.15) is 4.98 Å². The zero-order valence-electron chi connectivity index (χ0n) is 13.5. The molecule has 0 bridgehead atoms. The quantitative estimate of drug-likeness (QED) is 0.919. The van der Waals surface area contributed by atoms with Crippen molar-refractivity contribution in [3.05, 3.63) is 41.2 Å². The second-order valence-electron chi connectivity index (χ2n) is 6.33. The zero-order chi connectivity index (χ0) is 15.5. The normalized spacial score (nSPS) is 16.5. The molecule has 1 unspecified atom stereocenters. The molecule has 3 rings (SSSR count). The lowest BCUT2D eigenvalue weighted by Crippen LogP contribution is -2.41. The Morgan fingerprint density at radius 3 is 2.73 bits per heavy atom. The molecule has 0 saturated heterocycles. The maximum absolute atomic E-state index is 5.23. The molecule has 1 aromatic heterocycles. The average Bonchev–Trinajstić information content (AvgIpc) is 3.01. The van der Waals surface area contributed by atoms with Crippen molar-refractivity contribution < 1.29 is 4.52 Å². The molecule has 0 radical (unpaired) electrons. The van der Waals surface area contributed by atoms with E-state index in [1.807, 2.05) is 0 Å². The van der Waals surface area contributed by atoms with Gasteiger partial charge in [0.25, 0.3) is 0 Å². The lowest BCUT2D eigenvalue weighted by molar-refractivity contribution is 0.197. The van der Waals surface area contributed by atoms with Gasteiger partial charge in [-0.25, -0.2) is 0 Å². The van der Waals surface area contributed by atoms with Crippen LogP contribution >= 0.6 is 0 Å². The summed E-state index contributed by atoms with van der Waals surface area (Å²) in [5, 5.41) is 7.23. The van der Waals surface area contributed by atoms with Crippen LogP contribution in [0.15, 0.2) is 28.8 Å². The van der Waals surface area contributed by atoms with Crippen LogP contribution in [-0.4, -0.2) is 34.2 Å². The molecule has 0 spiro atoms. The predicted molar refractivity (Wildman–Crippen MR) is 86.9 cm³/mol. The van der Waals surface area contributed by atoms with Crippen molar-refractivity contribution in [2.24, 2.45) is 0 Å². The highest BCUT2D eigenvalue weighted by atomic mass is 16.5. The van der Waals surface area contributed by atoms with E-state index in [1.54, 1.807) is 0 Å².